The highest BCUT2D eigenvalue weighted by Gasteiger charge is 2.20. The molecule has 0 saturated carbocycles. The first-order valence-corrected chi connectivity index (χ1v) is 7.78. The lowest BCUT2D eigenvalue weighted by molar-refractivity contribution is 0.676. The van der Waals surface area contributed by atoms with E-state index >= 15 is 0 Å². The standard InChI is InChI=1S/C17H18N6/c1-23(13-4-6-18-9-13)17-11-19-10-16(22-17)12-7-15-14(21-8-12)3-2-5-20-15/h2-3,5,7-8,10-11,13,18H,4,6,9H2,1H3. The molecule has 1 unspecified atom stereocenters. The third-order valence-corrected chi connectivity index (χ3v) is 4.31. The predicted molar refractivity (Wildman–Crippen MR) is 90.2 cm³/mol. The van der Waals surface area contributed by atoms with Crippen molar-refractivity contribution >= 4 is 16.9 Å². The number of rotatable bonds is 3. The van der Waals surface area contributed by atoms with E-state index in [0.717, 1.165) is 47.6 Å². The Labute approximate surface area is 134 Å². The zero-order valence-corrected chi connectivity index (χ0v) is 13.0. The average molecular weight is 306 g/mol. The van der Waals surface area contributed by atoms with Gasteiger partial charge in [0.05, 0.1) is 29.1 Å². The Morgan fingerprint density at radius 3 is 3.00 bits per heavy atom. The summed E-state index contributed by atoms with van der Waals surface area (Å²) in [7, 11) is 2.08. The van der Waals surface area contributed by atoms with Crippen LogP contribution in [0.1, 0.15) is 6.42 Å². The van der Waals surface area contributed by atoms with Crippen LogP contribution in [-0.2, 0) is 0 Å². The van der Waals surface area contributed by atoms with E-state index in [2.05, 4.69) is 32.2 Å². The normalized spacial score (nSPS) is 17.5. The molecule has 1 atom stereocenters. The molecule has 0 bridgehead atoms. The first kappa shape index (κ1) is 14.0. The quantitative estimate of drug-likeness (QED) is 0.797. The smallest absolute Gasteiger partial charge is 0.147 e. The average Bonchev–Trinajstić information content (AvgIpc) is 3.15. The zero-order valence-electron chi connectivity index (χ0n) is 13.0. The number of fused-ring (bicyclic) bond motifs is 1. The number of hydrogen-bond acceptors (Lipinski definition) is 6. The minimum absolute atomic E-state index is 0.468. The molecule has 6 heteroatoms. The van der Waals surface area contributed by atoms with E-state index < -0.39 is 0 Å². The van der Waals surface area contributed by atoms with Gasteiger partial charge >= 0.3 is 0 Å². The molecule has 0 aliphatic carbocycles. The summed E-state index contributed by atoms with van der Waals surface area (Å²) in [6, 6.07) is 6.32. The van der Waals surface area contributed by atoms with Crippen LogP contribution < -0.4 is 10.2 Å². The summed E-state index contributed by atoms with van der Waals surface area (Å²) in [5.41, 5.74) is 3.50. The van der Waals surface area contributed by atoms with Crippen molar-refractivity contribution in [2.75, 3.05) is 25.0 Å². The van der Waals surface area contributed by atoms with Gasteiger partial charge in [0.2, 0.25) is 0 Å². The Morgan fingerprint density at radius 1 is 1.17 bits per heavy atom. The van der Waals surface area contributed by atoms with Gasteiger partial charge in [0, 0.05) is 37.6 Å². The SMILES string of the molecule is CN(c1cncc(-c2cnc3cccnc3c2)n1)C1CCNC1. The number of nitrogens with zero attached hydrogens (tertiary/aromatic N) is 5. The van der Waals surface area contributed by atoms with E-state index in [-0.39, 0.29) is 0 Å². The van der Waals surface area contributed by atoms with E-state index in [1.807, 2.05) is 30.6 Å². The molecular weight excluding hydrogens is 288 g/mol. The van der Waals surface area contributed by atoms with Crippen molar-refractivity contribution in [3.63, 3.8) is 0 Å². The maximum absolute atomic E-state index is 4.76. The number of aromatic nitrogens is 4. The largest absolute Gasteiger partial charge is 0.354 e. The van der Waals surface area contributed by atoms with Crippen LogP contribution >= 0.6 is 0 Å². The molecule has 6 nitrogen and oxygen atoms in total. The van der Waals surface area contributed by atoms with Crippen LogP contribution in [0.15, 0.2) is 43.0 Å². The summed E-state index contributed by atoms with van der Waals surface area (Å²) in [4.78, 5) is 20.1. The van der Waals surface area contributed by atoms with E-state index in [4.69, 9.17) is 4.98 Å². The first-order chi connectivity index (χ1) is 11.3. The van der Waals surface area contributed by atoms with Crippen molar-refractivity contribution < 1.29 is 0 Å². The summed E-state index contributed by atoms with van der Waals surface area (Å²) >= 11 is 0. The topological polar surface area (TPSA) is 66.8 Å². The lowest BCUT2D eigenvalue weighted by Crippen LogP contribution is -2.34. The fourth-order valence-electron chi connectivity index (χ4n) is 2.91. The highest BCUT2D eigenvalue weighted by molar-refractivity contribution is 5.79. The maximum atomic E-state index is 4.76. The second-order valence-corrected chi connectivity index (χ2v) is 5.79. The summed E-state index contributed by atoms with van der Waals surface area (Å²) in [5, 5.41) is 3.38. The van der Waals surface area contributed by atoms with Gasteiger partial charge in [-0.3, -0.25) is 15.0 Å². The van der Waals surface area contributed by atoms with E-state index in [0.29, 0.717) is 6.04 Å². The minimum Gasteiger partial charge on any atom is -0.354 e. The van der Waals surface area contributed by atoms with Crippen molar-refractivity contribution in [2.24, 2.45) is 0 Å². The van der Waals surface area contributed by atoms with Gasteiger partial charge in [-0.25, -0.2) is 4.98 Å². The fourth-order valence-corrected chi connectivity index (χ4v) is 2.91. The van der Waals surface area contributed by atoms with Gasteiger partial charge in [0.15, 0.2) is 0 Å². The fraction of sp³-hybridized carbons (Fsp3) is 0.294. The third-order valence-electron chi connectivity index (χ3n) is 4.31. The summed E-state index contributed by atoms with van der Waals surface area (Å²) in [6.07, 6.45) is 8.32. The molecule has 0 aromatic carbocycles. The van der Waals surface area contributed by atoms with Crippen LogP contribution in [0.25, 0.3) is 22.3 Å². The van der Waals surface area contributed by atoms with Crippen LogP contribution in [0, 0.1) is 0 Å². The van der Waals surface area contributed by atoms with Gasteiger partial charge < -0.3 is 10.2 Å². The van der Waals surface area contributed by atoms with Crippen LogP contribution in [0.3, 0.4) is 0 Å². The molecule has 23 heavy (non-hydrogen) atoms. The molecule has 1 aliphatic rings. The van der Waals surface area contributed by atoms with E-state index in [9.17, 15) is 0 Å². The molecule has 4 heterocycles. The maximum Gasteiger partial charge on any atom is 0.147 e. The van der Waals surface area contributed by atoms with Crippen molar-refractivity contribution in [1.29, 1.82) is 0 Å². The van der Waals surface area contributed by atoms with Crippen LogP contribution in [-0.4, -0.2) is 46.1 Å². The van der Waals surface area contributed by atoms with Crippen molar-refractivity contribution in [1.82, 2.24) is 25.3 Å². The molecule has 3 aromatic rings. The van der Waals surface area contributed by atoms with Gasteiger partial charge in [0.25, 0.3) is 0 Å². The lowest BCUT2D eigenvalue weighted by Gasteiger charge is -2.24. The Balaban J connectivity index is 1.69. The zero-order chi connectivity index (χ0) is 15.6. The molecule has 1 aliphatic heterocycles. The predicted octanol–water partition coefficient (Wildman–Crippen LogP) is 1.88. The molecular formula is C17H18N6. The second-order valence-electron chi connectivity index (χ2n) is 5.79. The van der Waals surface area contributed by atoms with Crippen molar-refractivity contribution in [3.05, 3.63) is 43.0 Å². The molecule has 1 saturated heterocycles. The van der Waals surface area contributed by atoms with Crippen LogP contribution in [0.2, 0.25) is 0 Å². The minimum atomic E-state index is 0.468. The van der Waals surface area contributed by atoms with Gasteiger partial charge in [0.1, 0.15) is 5.82 Å². The summed E-state index contributed by atoms with van der Waals surface area (Å²) < 4.78 is 0. The highest BCUT2D eigenvalue weighted by Crippen LogP contribution is 2.22. The third kappa shape index (κ3) is 2.73. The van der Waals surface area contributed by atoms with E-state index in [1.54, 1.807) is 12.4 Å². The van der Waals surface area contributed by atoms with Crippen LogP contribution in [0.4, 0.5) is 5.82 Å². The van der Waals surface area contributed by atoms with Crippen molar-refractivity contribution in [2.45, 2.75) is 12.5 Å². The Kier molecular flexibility index (Phi) is 3.59. The van der Waals surface area contributed by atoms with Gasteiger partial charge in [-0.05, 0) is 31.2 Å². The van der Waals surface area contributed by atoms with E-state index in [1.165, 1.54) is 0 Å². The van der Waals surface area contributed by atoms with Crippen molar-refractivity contribution in [3.8, 4) is 11.3 Å². The molecule has 4 rings (SSSR count). The molecule has 116 valence electrons. The molecule has 0 amide bonds. The monoisotopic (exact) mass is 306 g/mol. The van der Waals surface area contributed by atoms with Gasteiger partial charge in [-0.1, -0.05) is 0 Å². The Hall–Kier alpha value is -2.60. The Bertz CT molecular complexity index is 828. The molecule has 1 fully saturated rings. The summed E-state index contributed by atoms with van der Waals surface area (Å²) in [6.45, 7) is 2.05. The summed E-state index contributed by atoms with van der Waals surface area (Å²) in [5.74, 6) is 0.886. The number of nitrogens with one attached hydrogen (secondary N) is 1. The lowest BCUT2D eigenvalue weighted by atomic mass is 10.2. The Morgan fingerprint density at radius 2 is 2.13 bits per heavy atom. The highest BCUT2D eigenvalue weighted by atomic mass is 15.2. The molecule has 1 N–H and O–H groups in total. The number of hydrogen-bond donors (Lipinski definition) is 1. The number of anilines is 1. The number of pyridine rings is 2. The molecule has 0 spiro atoms. The van der Waals surface area contributed by atoms with Gasteiger partial charge in [-0.2, -0.15) is 0 Å². The van der Waals surface area contributed by atoms with Gasteiger partial charge in [-0.15, -0.1) is 0 Å². The molecule has 3 aromatic heterocycles. The van der Waals surface area contributed by atoms with Crippen LogP contribution in [0.5, 0.6) is 0 Å². The number of likely N-dealkylation sites (N-methyl/N-ethyl adjacent to an activating group) is 1. The molecule has 0 radical (unpaired) electrons. The first-order valence-electron chi connectivity index (χ1n) is 7.78. The second kappa shape index (κ2) is 5.89.